The molecule has 228 valence electrons. The minimum Gasteiger partial charge on any atom is -0.504 e. The zero-order chi connectivity index (χ0) is 30.8. The number of aliphatic hydroxyl groups excluding tert-OH is 4. The Kier molecular flexibility index (Phi) is 8.61. The number of hydrogen-bond donors (Lipinski definition) is 6. The van der Waals surface area contributed by atoms with E-state index in [1.807, 2.05) is 0 Å². The van der Waals surface area contributed by atoms with Gasteiger partial charge in [-0.1, -0.05) is 5.21 Å². The molecule has 2 aromatic heterocycles. The number of rotatable bonds is 10. The van der Waals surface area contributed by atoms with Crippen LogP contribution < -0.4 is 14.9 Å². The molecule has 1 aliphatic heterocycles. The van der Waals surface area contributed by atoms with Crippen molar-refractivity contribution in [3.8, 4) is 34.3 Å². The monoisotopic (exact) mass is 599 g/mol. The number of aromatic hydroxyl groups is 2. The molecule has 43 heavy (non-hydrogen) atoms. The van der Waals surface area contributed by atoms with Gasteiger partial charge in [-0.15, -0.1) is 5.10 Å². The molecule has 5 rings (SSSR count). The lowest BCUT2D eigenvalue weighted by atomic mass is 9.92. The maximum Gasteiger partial charge on any atom is 0.235 e. The number of phenolic OH excluding ortho intramolecular Hbond substituents is 1. The third-order valence-corrected chi connectivity index (χ3v) is 7.01. The molecule has 0 bridgehead atoms. The molecule has 1 saturated heterocycles. The van der Waals surface area contributed by atoms with E-state index in [-0.39, 0.29) is 47.8 Å². The number of methoxy groups -OCH3 is 1. The van der Waals surface area contributed by atoms with Crippen LogP contribution in [-0.4, -0.2) is 95.7 Å². The van der Waals surface area contributed by atoms with Crippen LogP contribution in [0.2, 0.25) is 0 Å². The first-order valence-electron chi connectivity index (χ1n) is 13.1. The smallest absolute Gasteiger partial charge is 0.235 e. The van der Waals surface area contributed by atoms with Crippen LogP contribution in [0, 0.1) is 0 Å². The van der Waals surface area contributed by atoms with E-state index in [2.05, 4.69) is 10.3 Å². The van der Waals surface area contributed by atoms with Gasteiger partial charge in [0.15, 0.2) is 23.0 Å². The van der Waals surface area contributed by atoms with Crippen LogP contribution in [-0.2, 0) is 22.7 Å². The minimum absolute atomic E-state index is 0.0588. The third kappa shape index (κ3) is 6.16. The van der Waals surface area contributed by atoms with Crippen molar-refractivity contribution in [3.05, 3.63) is 58.5 Å². The topological polar surface area (TPSA) is 227 Å². The van der Waals surface area contributed by atoms with Gasteiger partial charge in [0.2, 0.25) is 11.2 Å². The number of hydrogen-bond acceptors (Lipinski definition) is 14. The molecule has 0 amide bonds. The fraction of sp³-hybridized carbons (Fsp3) is 0.357. The number of Topliss-reactive ketones (excluding diaryl/α,β-unsaturated/α-hetero) is 1. The van der Waals surface area contributed by atoms with E-state index < -0.39 is 54.1 Å². The van der Waals surface area contributed by atoms with Gasteiger partial charge in [-0.3, -0.25) is 9.59 Å². The Morgan fingerprint density at radius 1 is 1.05 bits per heavy atom. The van der Waals surface area contributed by atoms with Crippen molar-refractivity contribution in [1.29, 1.82) is 0 Å². The highest BCUT2D eigenvalue weighted by atomic mass is 16.5. The molecule has 6 N–H and O–H groups in total. The summed E-state index contributed by atoms with van der Waals surface area (Å²) >= 11 is 0. The molecule has 0 radical (unpaired) electrons. The van der Waals surface area contributed by atoms with Gasteiger partial charge < -0.3 is 49.3 Å². The van der Waals surface area contributed by atoms with Gasteiger partial charge in [-0.2, -0.15) is 0 Å². The van der Waals surface area contributed by atoms with Crippen LogP contribution in [0.1, 0.15) is 12.1 Å². The average Bonchev–Trinajstić information content (AvgIpc) is 3.45. The highest BCUT2D eigenvalue weighted by molar-refractivity contribution is 5.83. The Morgan fingerprint density at radius 2 is 1.81 bits per heavy atom. The summed E-state index contributed by atoms with van der Waals surface area (Å²) in [6, 6.07) is 8.62. The number of benzene rings is 2. The van der Waals surface area contributed by atoms with Gasteiger partial charge in [-0.05, 0) is 30.3 Å². The van der Waals surface area contributed by atoms with Gasteiger partial charge in [0, 0.05) is 18.1 Å². The van der Waals surface area contributed by atoms with Crippen molar-refractivity contribution in [2.24, 2.45) is 0 Å². The summed E-state index contributed by atoms with van der Waals surface area (Å²) in [6.45, 7) is -0.878. The van der Waals surface area contributed by atoms with E-state index in [1.165, 1.54) is 54.4 Å². The fourth-order valence-electron chi connectivity index (χ4n) is 4.72. The highest BCUT2D eigenvalue weighted by Gasteiger charge is 2.43. The zero-order valence-electron chi connectivity index (χ0n) is 22.7. The Balaban J connectivity index is 1.25. The van der Waals surface area contributed by atoms with Crippen LogP contribution in [0.5, 0.6) is 23.0 Å². The molecule has 1 fully saturated rings. The van der Waals surface area contributed by atoms with Gasteiger partial charge in [0.25, 0.3) is 0 Å². The van der Waals surface area contributed by atoms with Crippen molar-refractivity contribution in [3.63, 3.8) is 0 Å². The van der Waals surface area contributed by atoms with Crippen molar-refractivity contribution < 1.29 is 54.1 Å². The molecule has 2 aromatic carbocycles. The number of carbonyl (C=O) groups excluding carboxylic acids is 1. The molecule has 3 heterocycles. The average molecular weight is 600 g/mol. The second kappa shape index (κ2) is 12.4. The van der Waals surface area contributed by atoms with E-state index >= 15 is 0 Å². The van der Waals surface area contributed by atoms with Crippen LogP contribution in [0.25, 0.3) is 22.3 Å². The number of nitrogens with zero attached hydrogens (tertiary/aromatic N) is 3. The quantitative estimate of drug-likeness (QED) is 0.139. The van der Waals surface area contributed by atoms with Crippen LogP contribution in [0.15, 0.2) is 51.8 Å². The molecule has 4 aromatic rings. The van der Waals surface area contributed by atoms with Crippen LogP contribution >= 0.6 is 0 Å². The molecule has 0 spiro atoms. The Labute approximate surface area is 242 Å². The van der Waals surface area contributed by atoms with E-state index in [1.54, 1.807) is 0 Å². The maximum atomic E-state index is 12.8. The standard InChI is InChI=1S/C28H29N3O12/c1-40-20-6-13(2-5-18(20)34)28-27(39)23(35)17-4-3-16(8-19(17)43-28)41-12-14-9-31(30-29-14)10-15(33)7-21-24(36)26(38)25(37)22(11-32)42-21/h2-6,8-9,21-22,24-26,32,34,36-39H,7,10-12H2,1H3/t21-,22+,24-,25+,26+/m0/s1. The van der Waals surface area contributed by atoms with Crippen molar-refractivity contribution in [1.82, 2.24) is 15.0 Å². The molecule has 0 saturated carbocycles. The van der Waals surface area contributed by atoms with Crippen LogP contribution in [0.3, 0.4) is 0 Å². The van der Waals surface area contributed by atoms with Gasteiger partial charge >= 0.3 is 0 Å². The summed E-state index contributed by atoms with van der Waals surface area (Å²) in [5.41, 5.74) is 0.135. The van der Waals surface area contributed by atoms with Gasteiger partial charge in [0.05, 0.1) is 31.4 Å². The summed E-state index contributed by atoms with van der Waals surface area (Å²) in [4.78, 5) is 25.4. The highest BCUT2D eigenvalue weighted by Crippen LogP contribution is 2.36. The minimum atomic E-state index is -1.57. The summed E-state index contributed by atoms with van der Waals surface area (Å²) in [5, 5.41) is 67.6. The summed E-state index contributed by atoms with van der Waals surface area (Å²) in [6.07, 6.45) is -5.67. The summed E-state index contributed by atoms with van der Waals surface area (Å²) in [5.74, 6) is -0.823. The third-order valence-electron chi connectivity index (χ3n) is 7.01. The maximum absolute atomic E-state index is 12.8. The first-order chi connectivity index (χ1) is 20.6. The summed E-state index contributed by atoms with van der Waals surface area (Å²) in [7, 11) is 1.36. The van der Waals surface area contributed by atoms with Gasteiger partial charge in [-0.25, -0.2) is 4.68 Å². The second-order valence-corrected chi connectivity index (χ2v) is 9.96. The molecule has 1 aliphatic rings. The normalized spacial score (nSPS) is 22.0. The van der Waals surface area contributed by atoms with E-state index in [9.17, 15) is 40.2 Å². The second-order valence-electron chi connectivity index (χ2n) is 9.96. The number of aliphatic hydroxyl groups is 4. The number of fused-ring (bicyclic) bond motifs is 1. The SMILES string of the molecule is COc1cc(-c2oc3cc(OCc4cn(CC(=O)C[C@@H]5O[C@H](CO)[C@@H](O)[C@H](O)[C@H]5O)nn4)ccc3c(=O)c2O)ccc1O. The van der Waals surface area contributed by atoms with Gasteiger partial charge in [0.1, 0.15) is 54.6 Å². The van der Waals surface area contributed by atoms with E-state index in [0.29, 0.717) is 17.0 Å². The molecule has 5 atom stereocenters. The number of ether oxygens (including phenoxy) is 3. The number of ketones is 1. The lowest BCUT2D eigenvalue weighted by Gasteiger charge is -2.39. The number of aromatic nitrogens is 3. The largest absolute Gasteiger partial charge is 0.504 e. The molecular formula is C28H29N3O12. The first kappa shape index (κ1) is 29.9. The molecule has 15 heteroatoms. The van der Waals surface area contributed by atoms with Crippen molar-refractivity contribution in [2.45, 2.75) is 50.1 Å². The fourth-order valence-corrected chi connectivity index (χ4v) is 4.72. The Bertz CT molecular complexity index is 1680. The van der Waals surface area contributed by atoms with Crippen molar-refractivity contribution >= 4 is 16.8 Å². The van der Waals surface area contributed by atoms with Crippen LogP contribution in [0.4, 0.5) is 0 Å². The first-order valence-corrected chi connectivity index (χ1v) is 13.1. The number of carbonyl (C=O) groups is 1. The van der Waals surface area contributed by atoms with Crippen molar-refractivity contribution in [2.75, 3.05) is 13.7 Å². The Hall–Kier alpha value is -4.54. The lowest BCUT2D eigenvalue weighted by molar-refractivity contribution is -0.229. The predicted molar refractivity (Wildman–Crippen MR) is 146 cm³/mol. The molecular weight excluding hydrogens is 570 g/mol. The van der Waals surface area contributed by atoms with E-state index in [4.69, 9.17) is 18.6 Å². The molecule has 0 aliphatic carbocycles. The summed E-state index contributed by atoms with van der Waals surface area (Å²) < 4.78 is 23.3. The number of phenols is 1. The lowest BCUT2D eigenvalue weighted by Crippen LogP contribution is -2.58. The van der Waals surface area contributed by atoms with E-state index in [0.717, 1.165) is 0 Å². The predicted octanol–water partition coefficient (Wildman–Crippen LogP) is -0.148. The molecule has 15 nitrogen and oxygen atoms in total. The Morgan fingerprint density at radius 3 is 2.56 bits per heavy atom. The zero-order valence-corrected chi connectivity index (χ0v) is 22.7. The molecule has 0 unspecified atom stereocenters.